The molecule has 1 aliphatic carbocycles. The zero-order chi connectivity index (χ0) is 13.1. The van der Waals surface area contributed by atoms with Crippen LogP contribution in [0, 0.1) is 5.82 Å². The van der Waals surface area contributed by atoms with Gasteiger partial charge in [-0.05, 0) is 37.5 Å². The number of nitrogens with two attached hydrogens (primary N) is 1. The van der Waals surface area contributed by atoms with Crippen molar-refractivity contribution in [1.29, 1.82) is 0 Å². The van der Waals surface area contributed by atoms with E-state index in [0.717, 1.165) is 25.3 Å². The third-order valence-electron chi connectivity index (χ3n) is 3.36. The van der Waals surface area contributed by atoms with Gasteiger partial charge in [-0.2, -0.15) is 0 Å². The van der Waals surface area contributed by atoms with Crippen molar-refractivity contribution in [3.63, 3.8) is 0 Å². The fourth-order valence-corrected chi connectivity index (χ4v) is 2.14. The van der Waals surface area contributed by atoms with Crippen LogP contribution in [0.15, 0.2) is 18.2 Å². The molecule has 4 nitrogen and oxygen atoms in total. The predicted octanol–water partition coefficient (Wildman–Crippen LogP) is 1.39. The summed E-state index contributed by atoms with van der Waals surface area (Å²) in [4.78, 5) is 13.9. The van der Waals surface area contributed by atoms with Gasteiger partial charge in [-0.3, -0.25) is 4.79 Å². The van der Waals surface area contributed by atoms with E-state index in [1.54, 1.807) is 4.90 Å². The number of carbonyl (C=O) groups excluding carboxylic acids is 1. The van der Waals surface area contributed by atoms with Crippen LogP contribution >= 0.6 is 0 Å². The summed E-state index contributed by atoms with van der Waals surface area (Å²) in [6.07, 6.45) is 3.00. The minimum absolute atomic E-state index is 0.0800. The molecular weight excluding hydrogens is 235 g/mol. The van der Waals surface area contributed by atoms with Crippen LogP contribution in [-0.2, 0) is 0 Å². The SMILES string of the molecule is Nc1cc(F)ccc1C(=O)N(CCO)C1CCC1. The molecule has 98 valence electrons. The number of nitrogen functional groups attached to an aromatic ring is 1. The highest BCUT2D eigenvalue weighted by Gasteiger charge is 2.29. The van der Waals surface area contributed by atoms with Gasteiger partial charge in [0.2, 0.25) is 0 Å². The van der Waals surface area contributed by atoms with Crippen LogP contribution in [0.2, 0.25) is 0 Å². The molecule has 3 N–H and O–H groups in total. The van der Waals surface area contributed by atoms with Crippen molar-refractivity contribution in [3.8, 4) is 0 Å². The van der Waals surface area contributed by atoms with Gasteiger partial charge in [-0.1, -0.05) is 0 Å². The lowest BCUT2D eigenvalue weighted by atomic mass is 9.91. The molecule has 1 aromatic carbocycles. The summed E-state index contributed by atoms with van der Waals surface area (Å²) in [5.74, 6) is -0.687. The summed E-state index contributed by atoms with van der Waals surface area (Å²) in [5.41, 5.74) is 6.11. The number of halogens is 1. The number of hydrogen-bond donors (Lipinski definition) is 2. The number of anilines is 1. The Kier molecular flexibility index (Phi) is 3.81. The second-order valence-electron chi connectivity index (χ2n) is 4.54. The molecule has 0 spiro atoms. The Morgan fingerprint density at radius 3 is 2.72 bits per heavy atom. The molecule has 0 aliphatic heterocycles. The number of nitrogens with zero attached hydrogens (tertiary/aromatic N) is 1. The Bertz CT molecular complexity index is 447. The van der Waals surface area contributed by atoms with E-state index in [4.69, 9.17) is 10.8 Å². The van der Waals surface area contributed by atoms with E-state index in [1.807, 2.05) is 0 Å². The summed E-state index contributed by atoms with van der Waals surface area (Å²) in [5, 5.41) is 9.03. The van der Waals surface area contributed by atoms with Gasteiger partial charge in [-0.25, -0.2) is 4.39 Å². The molecule has 0 atom stereocenters. The number of aliphatic hydroxyl groups is 1. The maximum Gasteiger partial charge on any atom is 0.256 e. The van der Waals surface area contributed by atoms with Crippen LogP contribution in [-0.4, -0.2) is 35.1 Å². The first-order valence-corrected chi connectivity index (χ1v) is 6.10. The molecule has 1 amide bonds. The largest absolute Gasteiger partial charge is 0.398 e. The molecule has 1 aromatic rings. The van der Waals surface area contributed by atoms with Gasteiger partial charge in [0.15, 0.2) is 0 Å². The van der Waals surface area contributed by atoms with Crippen LogP contribution in [0.5, 0.6) is 0 Å². The summed E-state index contributed by atoms with van der Waals surface area (Å²) >= 11 is 0. The van der Waals surface area contributed by atoms with E-state index in [2.05, 4.69) is 0 Å². The molecule has 2 rings (SSSR count). The molecule has 1 saturated carbocycles. The number of carbonyl (C=O) groups is 1. The smallest absolute Gasteiger partial charge is 0.256 e. The standard InChI is InChI=1S/C13H17FN2O2/c14-9-4-5-11(12(15)8-9)13(18)16(6-7-17)10-2-1-3-10/h4-5,8,10,17H,1-3,6-7,15H2. The lowest BCUT2D eigenvalue weighted by molar-refractivity contribution is 0.0527. The predicted molar refractivity (Wildman–Crippen MR) is 66.6 cm³/mol. The fraction of sp³-hybridized carbons (Fsp3) is 0.462. The lowest BCUT2D eigenvalue weighted by Crippen LogP contribution is -2.45. The van der Waals surface area contributed by atoms with Gasteiger partial charge in [0.1, 0.15) is 5.82 Å². The van der Waals surface area contributed by atoms with Gasteiger partial charge in [0, 0.05) is 18.3 Å². The van der Waals surface area contributed by atoms with E-state index >= 15 is 0 Å². The topological polar surface area (TPSA) is 66.6 Å². The molecule has 0 heterocycles. The van der Waals surface area contributed by atoms with Crippen molar-refractivity contribution in [3.05, 3.63) is 29.6 Å². The highest BCUT2D eigenvalue weighted by Crippen LogP contribution is 2.27. The minimum atomic E-state index is -0.457. The average Bonchev–Trinajstić information content (AvgIpc) is 2.25. The molecular formula is C13H17FN2O2. The monoisotopic (exact) mass is 252 g/mol. The lowest BCUT2D eigenvalue weighted by Gasteiger charge is -2.37. The van der Waals surface area contributed by atoms with E-state index in [-0.39, 0.29) is 24.2 Å². The van der Waals surface area contributed by atoms with Crippen molar-refractivity contribution >= 4 is 11.6 Å². The van der Waals surface area contributed by atoms with Gasteiger partial charge in [0.05, 0.1) is 12.2 Å². The Morgan fingerprint density at radius 2 is 2.22 bits per heavy atom. The summed E-state index contributed by atoms with van der Waals surface area (Å²) in [6, 6.07) is 3.94. The van der Waals surface area contributed by atoms with Gasteiger partial charge < -0.3 is 15.7 Å². The van der Waals surface area contributed by atoms with Crippen molar-refractivity contribution in [1.82, 2.24) is 4.90 Å². The molecule has 0 radical (unpaired) electrons. The molecule has 1 fully saturated rings. The van der Waals surface area contributed by atoms with Crippen molar-refractivity contribution in [2.75, 3.05) is 18.9 Å². The number of aliphatic hydroxyl groups excluding tert-OH is 1. The van der Waals surface area contributed by atoms with Crippen LogP contribution < -0.4 is 5.73 Å². The first kappa shape index (κ1) is 12.8. The minimum Gasteiger partial charge on any atom is -0.398 e. The van der Waals surface area contributed by atoms with Crippen LogP contribution in [0.1, 0.15) is 29.6 Å². The molecule has 5 heteroatoms. The molecule has 0 aromatic heterocycles. The number of amides is 1. The molecule has 18 heavy (non-hydrogen) atoms. The maximum atomic E-state index is 13.0. The fourth-order valence-electron chi connectivity index (χ4n) is 2.14. The summed E-state index contributed by atoms with van der Waals surface area (Å²) in [6.45, 7) is 0.212. The molecule has 0 bridgehead atoms. The number of rotatable bonds is 4. The third-order valence-corrected chi connectivity index (χ3v) is 3.36. The highest BCUT2D eigenvalue weighted by molar-refractivity contribution is 5.99. The van der Waals surface area contributed by atoms with Crippen LogP contribution in [0.3, 0.4) is 0 Å². The van der Waals surface area contributed by atoms with E-state index in [9.17, 15) is 9.18 Å². The van der Waals surface area contributed by atoms with Gasteiger partial charge in [0.25, 0.3) is 5.91 Å². The highest BCUT2D eigenvalue weighted by atomic mass is 19.1. The second-order valence-corrected chi connectivity index (χ2v) is 4.54. The second kappa shape index (κ2) is 5.35. The Hall–Kier alpha value is -1.62. The zero-order valence-corrected chi connectivity index (χ0v) is 10.1. The number of hydrogen-bond acceptors (Lipinski definition) is 3. The molecule has 0 unspecified atom stereocenters. The first-order valence-electron chi connectivity index (χ1n) is 6.10. The maximum absolute atomic E-state index is 13.0. The Morgan fingerprint density at radius 1 is 1.50 bits per heavy atom. The zero-order valence-electron chi connectivity index (χ0n) is 10.1. The van der Waals surface area contributed by atoms with Crippen molar-refractivity contribution in [2.24, 2.45) is 0 Å². The average molecular weight is 252 g/mol. The van der Waals surface area contributed by atoms with E-state index < -0.39 is 5.82 Å². The quantitative estimate of drug-likeness (QED) is 0.796. The van der Waals surface area contributed by atoms with Gasteiger partial charge in [-0.15, -0.1) is 0 Å². The molecule has 1 aliphatic rings. The normalized spacial score (nSPS) is 15.2. The van der Waals surface area contributed by atoms with E-state index in [1.165, 1.54) is 12.1 Å². The summed E-state index contributed by atoms with van der Waals surface area (Å²) in [7, 11) is 0. The first-order chi connectivity index (χ1) is 8.63. The number of benzene rings is 1. The van der Waals surface area contributed by atoms with Crippen LogP contribution in [0.4, 0.5) is 10.1 Å². The molecule has 0 saturated heterocycles. The third kappa shape index (κ3) is 2.46. The Balaban J connectivity index is 2.21. The van der Waals surface area contributed by atoms with Crippen molar-refractivity contribution < 1.29 is 14.3 Å². The van der Waals surface area contributed by atoms with Crippen LogP contribution in [0.25, 0.3) is 0 Å². The Labute approximate surface area is 105 Å². The van der Waals surface area contributed by atoms with E-state index in [0.29, 0.717) is 12.1 Å². The summed E-state index contributed by atoms with van der Waals surface area (Å²) < 4.78 is 13.0. The van der Waals surface area contributed by atoms with Crippen molar-refractivity contribution in [2.45, 2.75) is 25.3 Å². The van der Waals surface area contributed by atoms with Gasteiger partial charge >= 0.3 is 0 Å².